The lowest BCUT2D eigenvalue weighted by molar-refractivity contribution is -0.135. The number of fused-ring (bicyclic) bond motifs is 1. The van der Waals surface area contributed by atoms with Crippen molar-refractivity contribution in [2.45, 2.75) is 32.2 Å². The predicted molar refractivity (Wildman–Crippen MR) is 118 cm³/mol. The van der Waals surface area contributed by atoms with Crippen LogP contribution in [0.2, 0.25) is 0 Å². The topological polar surface area (TPSA) is 62.6 Å². The van der Waals surface area contributed by atoms with Crippen LogP contribution in [0.3, 0.4) is 0 Å². The number of aromatic nitrogens is 1. The van der Waals surface area contributed by atoms with Gasteiger partial charge in [-0.2, -0.15) is 0 Å². The Balaban J connectivity index is 1.55. The number of thioether (sulfide) groups is 1. The molecular formula is C23H23N3O3S. The third-order valence-electron chi connectivity index (χ3n) is 5.49. The van der Waals surface area contributed by atoms with Crippen LogP contribution in [0.15, 0.2) is 35.4 Å². The second-order valence-corrected chi connectivity index (χ2v) is 8.49. The number of carbonyl (C=O) groups is 3. The molecule has 7 heteroatoms. The van der Waals surface area contributed by atoms with Crippen molar-refractivity contribution in [3.05, 3.63) is 40.9 Å². The quantitative estimate of drug-likeness (QED) is 0.558. The van der Waals surface area contributed by atoms with E-state index in [0.29, 0.717) is 24.5 Å². The summed E-state index contributed by atoms with van der Waals surface area (Å²) in [5, 5.41) is 0.557. The summed E-state index contributed by atoms with van der Waals surface area (Å²) in [5.74, 6) is 2.05. The van der Waals surface area contributed by atoms with Gasteiger partial charge in [-0.1, -0.05) is 37.0 Å². The highest BCUT2D eigenvalue weighted by molar-refractivity contribution is 8.18. The largest absolute Gasteiger partial charge is 0.341 e. The molecule has 2 aliphatic heterocycles. The Morgan fingerprint density at radius 1 is 1.13 bits per heavy atom. The van der Waals surface area contributed by atoms with Crippen LogP contribution in [0.25, 0.3) is 17.0 Å². The molecule has 1 aromatic heterocycles. The van der Waals surface area contributed by atoms with Gasteiger partial charge in [0.05, 0.1) is 11.4 Å². The highest BCUT2D eigenvalue weighted by Gasteiger charge is 2.37. The Morgan fingerprint density at radius 2 is 1.87 bits per heavy atom. The van der Waals surface area contributed by atoms with Crippen molar-refractivity contribution in [1.29, 1.82) is 0 Å². The standard InChI is InChI=1S/C23H23N3O3S/c1-2-11-25-15-17(18-9-5-6-10-19(18)25)14-20-22(28)26(23(29)30-20)16-21(27)24-12-7-3-4-8-13-24/h1,5-6,9-10,14-15H,3-4,7-8,11-13,16H2. The number of rotatable bonds is 4. The van der Waals surface area contributed by atoms with E-state index in [1.807, 2.05) is 35.0 Å². The van der Waals surface area contributed by atoms with E-state index in [1.54, 1.807) is 11.0 Å². The summed E-state index contributed by atoms with van der Waals surface area (Å²) in [5.41, 5.74) is 1.79. The molecule has 3 amide bonds. The summed E-state index contributed by atoms with van der Waals surface area (Å²) in [6.07, 6.45) is 13.2. The second kappa shape index (κ2) is 8.80. The van der Waals surface area contributed by atoms with Crippen molar-refractivity contribution in [2.75, 3.05) is 19.6 Å². The Labute approximate surface area is 179 Å². The molecule has 2 fully saturated rings. The van der Waals surface area contributed by atoms with Gasteiger partial charge in [0.15, 0.2) is 0 Å². The molecule has 0 saturated carbocycles. The summed E-state index contributed by atoms with van der Waals surface area (Å²) >= 11 is 0.879. The molecule has 0 bridgehead atoms. The Morgan fingerprint density at radius 3 is 2.60 bits per heavy atom. The van der Waals surface area contributed by atoms with Crippen LogP contribution in [0.1, 0.15) is 31.2 Å². The summed E-state index contributed by atoms with van der Waals surface area (Å²) in [6.45, 7) is 1.61. The number of para-hydroxylation sites is 1. The van der Waals surface area contributed by atoms with Crippen LogP contribution >= 0.6 is 11.8 Å². The molecule has 0 spiro atoms. The van der Waals surface area contributed by atoms with Crippen LogP contribution < -0.4 is 0 Å². The van der Waals surface area contributed by atoms with Crippen LogP contribution in [0.4, 0.5) is 4.79 Å². The average Bonchev–Trinajstić information content (AvgIpc) is 3.06. The average molecular weight is 422 g/mol. The predicted octanol–water partition coefficient (Wildman–Crippen LogP) is 3.71. The van der Waals surface area contributed by atoms with Gasteiger partial charge in [-0.25, -0.2) is 0 Å². The van der Waals surface area contributed by atoms with Crippen molar-refractivity contribution in [3.63, 3.8) is 0 Å². The van der Waals surface area contributed by atoms with Crippen LogP contribution in [0, 0.1) is 12.3 Å². The Bertz CT molecular complexity index is 1070. The molecule has 2 saturated heterocycles. The summed E-state index contributed by atoms with van der Waals surface area (Å²) in [6, 6.07) is 7.78. The van der Waals surface area contributed by atoms with E-state index in [-0.39, 0.29) is 12.5 Å². The number of likely N-dealkylation sites (tertiary alicyclic amines) is 1. The summed E-state index contributed by atoms with van der Waals surface area (Å²) in [4.78, 5) is 41.1. The highest BCUT2D eigenvalue weighted by atomic mass is 32.2. The molecule has 0 unspecified atom stereocenters. The summed E-state index contributed by atoms with van der Waals surface area (Å²) in [7, 11) is 0. The lowest BCUT2D eigenvalue weighted by atomic mass is 10.1. The van der Waals surface area contributed by atoms with Gasteiger partial charge >= 0.3 is 0 Å². The Hall–Kier alpha value is -2.98. The minimum Gasteiger partial charge on any atom is -0.341 e. The number of hydrogen-bond acceptors (Lipinski definition) is 4. The lowest BCUT2D eigenvalue weighted by Crippen LogP contribution is -2.42. The maximum Gasteiger partial charge on any atom is 0.294 e. The Kier molecular flexibility index (Phi) is 5.96. The lowest BCUT2D eigenvalue weighted by Gasteiger charge is -2.22. The van der Waals surface area contributed by atoms with Gasteiger partial charge in [0.2, 0.25) is 5.91 Å². The number of benzene rings is 1. The molecule has 0 radical (unpaired) electrons. The van der Waals surface area contributed by atoms with Crippen molar-refractivity contribution >= 4 is 45.8 Å². The first-order valence-corrected chi connectivity index (χ1v) is 10.9. The van der Waals surface area contributed by atoms with Crippen molar-refractivity contribution < 1.29 is 14.4 Å². The first kappa shape index (κ1) is 20.3. The zero-order chi connectivity index (χ0) is 21.1. The van der Waals surface area contributed by atoms with E-state index < -0.39 is 11.1 Å². The van der Waals surface area contributed by atoms with Gasteiger partial charge in [0.25, 0.3) is 11.1 Å². The SMILES string of the molecule is C#CCn1cc(C=C2SC(=O)N(CC(=O)N3CCCCCC3)C2=O)c2ccccc21. The molecule has 6 nitrogen and oxygen atoms in total. The molecular weight excluding hydrogens is 398 g/mol. The number of carbonyl (C=O) groups excluding carboxylic acids is 3. The van der Waals surface area contributed by atoms with E-state index in [2.05, 4.69) is 5.92 Å². The maximum atomic E-state index is 12.9. The van der Waals surface area contributed by atoms with Crippen LogP contribution in [0.5, 0.6) is 0 Å². The monoisotopic (exact) mass is 421 g/mol. The van der Waals surface area contributed by atoms with Gasteiger partial charge in [0.1, 0.15) is 6.54 Å². The number of nitrogens with zero attached hydrogens (tertiary/aromatic N) is 3. The zero-order valence-corrected chi connectivity index (χ0v) is 17.5. The van der Waals surface area contributed by atoms with E-state index in [1.165, 1.54) is 0 Å². The fourth-order valence-electron chi connectivity index (χ4n) is 3.95. The normalized spacial score (nSPS) is 18.8. The summed E-state index contributed by atoms with van der Waals surface area (Å²) < 4.78 is 1.94. The van der Waals surface area contributed by atoms with Crippen LogP contribution in [-0.2, 0) is 16.1 Å². The third kappa shape index (κ3) is 4.01. The van der Waals surface area contributed by atoms with Crippen molar-refractivity contribution in [1.82, 2.24) is 14.4 Å². The maximum absolute atomic E-state index is 12.9. The second-order valence-electron chi connectivity index (χ2n) is 7.50. The van der Waals surface area contributed by atoms with Crippen molar-refractivity contribution in [3.8, 4) is 12.3 Å². The highest BCUT2D eigenvalue weighted by Crippen LogP contribution is 2.34. The third-order valence-corrected chi connectivity index (χ3v) is 6.40. The molecule has 154 valence electrons. The number of amides is 3. The van der Waals surface area contributed by atoms with E-state index in [4.69, 9.17) is 6.42 Å². The van der Waals surface area contributed by atoms with E-state index in [9.17, 15) is 14.4 Å². The number of terminal acetylenes is 1. The van der Waals surface area contributed by atoms with Gasteiger partial charge in [0, 0.05) is 35.8 Å². The molecule has 0 aliphatic carbocycles. The van der Waals surface area contributed by atoms with Gasteiger partial charge < -0.3 is 9.47 Å². The molecule has 3 heterocycles. The van der Waals surface area contributed by atoms with Gasteiger partial charge in [-0.05, 0) is 36.7 Å². The fourth-order valence-corrected chi connectivity index (χ4v) is 4.78. The zero-order valence-electron chi connectivity index (χ0n) is 16.7. The van der Waals surface area contributed by atoms with E-state index >= 15 is 0 Å². The number of hydrogen-bond donors (Lipinski definition) is 0. The van der Waals surface area contributed by atoms with Gasteiger partial charge in [-0.15, -0.1) is 6.42 Å². The molecule has 30 heavy (non-hydrogen) atoms. The first-order valence-electron chi connectivity index (χ1n) is 10.1. The smallest absolute Gasteiger partial charge is 0.294 e. The van der Waals surface area contributed by atoms with E-state index in [0.717, 1.165) is 58.8 Å². The molecule has 0 atom stereocenters. The molecule has 1 aromatic carbocycles. The first-order chi connectivity index (χ1) is 14.6. The number of imide groups is 1. The molecule has 2 aliphatic rings. The fraction of sp³-hybridized carbons (Fsp3) is 0.348. The molecule has 0 N–H and O–H groups in total. The molecule has 2 aromatic rings. The van der Waals surface area contributed by atoms with Crippen molar-refractivity contribution in [2.24, 2.45) is 0 Å². The minimum atomic E-state index is -0.415. The van der Waals surface area contributed by atoms with Gasteiger partial charge in [-0.3, -0.25) is 19.3 Å². The minimum absolute atomic E-state index is 0.161. The van der Waals surface area contributed by atoms with Crippen LogP contribution in [-0.4, -0.2) is 51.1 Å². The molecule has 4 rings (SSSR count).